The minimum Gasteiger partial charge on any atom is -0.389 e. The summed E-state index contributed by atoms with van der Waals surface area (Å²) >= 11 is 5.14. The third-order valence-corrected chi connectivity index (χ3v) is 3.96. The van der Waals surface area contributed by atoms with Gasteiger partial charge in [0.05, 0.1) is 0 Å². The molecule has 1 aliphatic heterocycles. The normalized spacial score (nSPS) is 17.5. The molecular weight excluding hydrogens is 254 g/mol. The summed E-state index contributed by atoms with van der Waals surface area (Å²) in [6, 6.07) is 8.16. The Labute approximate surface area is 121 Å². The van der Waals surface area contributed by atoms with Gasteiger partial charge in [0, 0.05) is 43.0 Å². The van der Waals surface area contributed by atoms with Gasteiger partial charge in [0.2, 0.25) is 0 Å². The Morgan fingerprint density at radius 2 is 1.68 bits per heavy atom. The Hall–Kier alpha value is -1.13. The van der Waals surface area contributed by atoms with Gasteiger partial charge in [-0.05, 0) is 32.9 Å². The van der Waals surface area contributed by atoms with Gasteiger partial charge in [-0.25, -0.2) is 0 Å². The lowest BCUT2D eigenvalue weighted by Gasteiger charge is -2.43. The third kappa shape index (κ3) is 3.25. The van der Waals surface area contributed by atoms with Crippen molar-refractivity contribution in [3.63, 3.8) is 0 Å². The van der Waals surface area contributed by atoms with Gasteiger partial charge < -0.3 is 10.6 Å². The van der Waals surface area contributed by atoms with Crippen LogP contribution in [0.1, 0.15) is 26.3 Å². The van der Waals surface area contributed by atoms with Gasteiger partial charge in [-0.2, -0.15) is 0 Å². The van der Waals surface area contributed by atoms with E-state index >= 15 is 0 Å². The van der Waals surface area contributed by atoms with Crippen LogP contribution in [0.25, 0.3) is 0 Å². The molecule has 1 aromatic rings. The molecule has 0 unspecified atom stereocenters. The summed E-state index contributed by atoms with van der Waals surface area (Å²) in [4.78, 5) is 5.39. The van der Waals surface area contributed by atoms with Gasteiger partial charge in [0.1, 0.15) is 4.99 Å². The quantitative estimate of drug-likeness (QED) is 0.840. The van der Waals surface area contributed by atoms with Crippen molar-refractivity contribution in [1.29, 1.82) is 0 Å². The molecule has 0 atom stereocenters. The minimum atomic E-state index is 0.245. The van der Waals surface area contributed by atoms with E-state index in [-0.39, 0.29) is 5.54 Å². The highest BCUT2D eigenvalue weighted by Gasteiger charge is 2.26. The maximum atomic E-state index is 5.81. The first-order chi connectivity index (χ1) is 8.89. The molecule has 0 aliphatic carbocycles. The van der Waals surface area contributed by atoms with Crippen molar-refractivity contribution in [2.75, 3.05) is 31.1 Å². The molecule has 0 saturated carbocycles. The average molecular weight is 277 g/mol. The number of anilines is 1. The number of hydrogen-bond acceptors (Lipinski definition) is 3. The molecule has 0 aromatic heterocycles. The van der Waals surface area contributed by atoms with Gasteiger partial charge in [0.15, 0.2) is 0 Å². The second-order valence-electron chi connectivity index (χ2n) is 6.03. The van der Waals surface area contributed by atoms with Crippen LogP contribution in [-0.4, -0.2) is 41.6 Å². The average Bonchev–Trinajstić information content (AvgIpc) is 2.38. The largest absolute Gasteiger partial charge is 0.389 e. The lowest BCUT2D eigenvalue weighted by Crippen LogP contribution is -2.53. The van der Waals surface area contributed by atoms with E-state index in [0.717, 1.165) is 31.7 Å². The van der Waals surface area contributed by atoms with Crippen molar-refractivity contribution >= 4 is 22.9 Å². The molecule has 1 saturated heterocycles. The van der Waals surface area contributed by atoms with Crippen LogP contribution >= 0.6 is 12.2 Å². The van der Waals surface area contributed by atoms with Gasteiger partial charge in [-0.15, -0.1) is 0 Å². The fourth-order valence-electron chi connectivity index (χ4n) is 2.58. The third-order valence-electron chi connectivity index (χ3n) is 3.74. The van der Waals surface area contributed by atoms with E-state index in [1.165, 1.54) is 5.69 Å². The van der Waals surface area contributed by atoms with Gasteiger partial charge in [-0.1, -0.05) is 24.4 Å². The summed E-state index contributed by atoms with van der Waals surface area (Å²) in [5, 5.41) is 0. The SMILES string of the molecule is CC(C)(C)N1CCN(c2ccccc2C(N)=S)CC1. The van der Waals surface area contributed by atoms with E-state index in [1.807, 2.05) is 18.2 Å². The van der Waals surface area contributed by atoms with Gasteiger partial charge in [0.25, 0.3) is 0 Å². The van der Waals surface area contributed by atoms with E-state index in [1.54, 1.807) is 0 Å². The Morgan fingerprint density at radius 1 is 1.11 bits per heavy atom. The smallest absolute Gasteiger partial charge is 0.106 e. The van der Waals surface area contributed by atoms with E-state index in [4.69, 9.17) is 18.0 Å². The zero-order chi connectivity index (χ0) is 14.0. The lowest BCUT2D eigenvalue weighted by atomic mass is 10.0. The Kier molecular flexibility index (Phi) is 4.11. The van der Waals surface area contributed by atoms with Crippen LogP contribution in [0.2, 0.25) is 0 Å². The monoisotopic (exact) mass is 277 g/mol. The first-order valence-corrected chi connectivity index (χ1v) is 7.19. The Balaban J connectivity index is 2.12. The maximum absolute atomic E-state index is 5.81. The summed E-state index contributed by atoms with van der Waals surface area (Å²) in [5.74, 6) is 0. The molecule has 1 aliphatic rings. The molecule has 104 valence electrons. The first kappa shape index (κ1) is 14.3. The summed E-state index contributed by atoms with van der Waals surface area (Å²) in [6.07, 6.45) is 0. The number of para-hydroxylation sites is 1. The van der Waals surface area contributed by atoms with E-state index in [0.29, 0.717) is 4.99 Å². The second-order valence-corrected chi connectivity index (χ2v) is 6.47. The second kappa shape index (κ2) is 5.47. The zero-order valence-corrected chi connectivity index (χ0v) is 12.8. The van der Waals surface area contributed by atoms with Crippen molar-refractivity contribution in [3.8, 4) is 0 Å². The fourth-order valence-corrected chi connectivity index (χ4v) is 2.75. The Bertz CT molecular complexity index is 457. The number of thiocarbonyl (C=S) groups is 1. The lowest BCUT2D eigenvalue weighted by molar-refractivity contribution is 0.128. The molecule has 0 radical (unpaired) electrons. The molecule has 1 fully saturated rings. The van der Waals surface area contributed by atoms with Crippen molar-refractivity contribution in [2.24, 2.45) is 5.73 Å². The highest BCUT2D eigenvalue weighted by molar-refractivity contribution is 7.80. The first-order valence-electron chi connectivity index (χ1n) is 6.78. The predicted molar refractivity (Wildman–Crippen MR) is 85.9 cm³/mol. The standard InChI is InChI=1S/C15H23N3S/c1-15(2,3)18-10-8-17(9-11-18)13-7-5-4-6-12(13)14(16)19/h4-7H,8-11H2,1-3H3,(H2,16,19). The summed E-state index contributed by atoms with van der Waals surface area (Å²) < 4.78 is 0. The van der Waals surface area contributed by atoms with Crippen LogP contribution in [0.5, 0.6) is 0 Å². The van der Waals surface area contributed by atoms with Crippen molar-refractivity contribution in [1.82, 2.24) is 4.90 Å². The number of rotatable bonds is 2. The van der Waals surface area contributed by atoms with Crippen LogP contribution in [0.15, 0.2) is 24.3 Å². The summed E-state index contributed by atoms with van der Waals surface area (Å²) in [6.45, 7) is 11.0. The van der Waals surface area contributed by atoms with Crippen LogP contribution in [0.3, 0.4) is 0 Å². The number of nitrogens with zero attached hydrogens (tertiary/aromatic N) is 2. The van der Waals surface area contributed by atoms with Gasteiger partial charge >= 0.3 is 0 Å². The molecular formula is C15H23N3S. The number of hydrogen-bond donors (Lipinski definition) is 1. The fraction of sp³-hybridized carbons (Fsp3) is 0.533. The molecule has 0 bridgehead atoms. The molecule has 4 heteroatoms. The highest BCUT2D eigenvalue weighted by Crippen LogP contribution is 2.24. The molecule has 1 aromatic carbocycles. The number of piperazine rings is 1. The van der Waals surface area contributed by atoms with Crippen LogP contribution in [0.4, 0.5) is 5.69 Å². The van der Waals surface area contributed by atoms with Crippen LogP contribution < -0.4 is 10.6 Å². The molecule has 19 heavy (non-hydrogen) atoms. The van der Waals surface area contributed by atoms with Crippen molar-refractivity contribution < 1.29 is 0 Å². The van der Waals surface area contributed by atoms with E-state index in [2.05, 4.69) is 36.6 Å². The molecule has 0 amide bonds. The zero-order valence-electron chi connectivity index (χ0n) is 12.0. The summed E-state index contributed by atoms with van der Waals surface area (Å²) in [5.41, 5.74) is 8.21. The molecule has 0 spiro atoms. The Morgan fingerprint density at radius 3 is 2.21 bits per heavy atom. The molecule has 1 heterocycles. The molecule has 3 nitrogen and oxygen atoms in total. The highest BCUT2D eigenvalue weighted by atomic mass is 32.1. The minimum absolute atomic E-state index is 0.245. The van der Waals surface area contributed by atoms with Crippen LogP contribution in [0, 0.1) is 0 Å². The van der Waals surface area contributed by atoms with Crippen molar-refractivity contribution in [3.05, 3.63) is 29.8 Å². The predicted octanol–water partition coefficient (Wildman–Crippen LogP) is 2.24. The van der Waals surface area contributed by atoms with Crippen molar-refractivity contribution in [2.45, 2.75) is 26.3 Å². The van der Waals surface area contributed by atoms with E-state index in [9.17, 15) is 0 Å². The van der Waals surface area contributed by atoms with Gasteiger partial charge in [-0.3, -0.25) is 4.90 Å². The topological polar surface area (TPSA) is 32.5 Å². The molecule has 2 rings (SSSR count). The molecule has 2 N–H and O–H groups in total. The summed E-state index contributed by atoms with van der Waals surface area (Å²) in [7, 11) is 0. The van der Waals surface area contributed by atoms with Crippen LogP contribution in [-0.2, 0) is 0 Å². The maximum Gasteiger partial charge on any atom is 0.106 e. The van der Waals surface area contributed by atoms with E-state index < -0.39 is 0 Å². The number of benzene rings is 1. The number of nitrogens with two attached hydrogens (primary N) is 1.